The second-order valence-corrected chi connectivity index (χ2v) is 5.72. The number of carboxylic acid groups (broad SMARTS) is 1. The molecule has 0 radical (unpaired) electrons. The molecule has 5 nitrogen and oxygen atoms in total. The third-order valence-corrected chi connectivity index (χ3v) is 4.20. The maximum absolute atomic E-state index is 12.1. The maximum Gasteiger partial charge on any atom is 0.327 e. The molecule has 1 aromatic rings. The number of carbonyl (C=O) groups excluding carboxylic acids is 1. The highest BCUT2D eigenvalue weighted by Gasteiger charge is 2.32. The molecule has 0 aromatic heterocycles. The van der Waals surface area contributed by atoms with E-state index in [0.29, 0.717) is 18.0 Å². The topological polar surface area (TPSA) is 66.8 Å². The molecule has 1 aliphatic heterocycles. The first-order chi connectivity index (χ1) is 9.59. The van der Waals surface area contributed by atoms with Gasteiger partial charge >= 0.3 is 5.97 Å². The van der Waals surface area contributed by atoms with Crippen molar-refractivity contribution < 1.29 is 19.4 Å². The normalized spacial score (nSPS) is 18.6. The van der Waals surface area contributed by atoms with Gasteiger partial charge in [0.05, 0.1) is 0 Å². The van der Waals surface area contributed by atoms with Crippen molar-refractivity contribution in [2.75, 3.05) is 24.7 Å². The molecule has 1 aromatic carbocycles. The fourth-order valence-corrected chi connectivity index (χ4v) is 3.09. The van der Waals surface area contributed by atoms with Crippen molar-refractivity contribution in [1.29, 1.82) is 0 Å². The van der Waals surface area contributed by atoms with Crippen LogP contribution < -0.4 is 4.74 Å². The molecule has 1 unspecified atom stereocenters. The lowest BCUT2D eigenvalue weighted by molar-refractivity contribution is -0.150. The van der Waals surface area contributed by atoms with Crippen molar-refractivity contribution in [2.24, 2.45) is 0 Å². The second kappa shape index (κ2) is 6.65. The van der Waals surface area contributed by atoms with Gasteiger partial charge in [-0.05, 0) is 18.6 Å². The summed E-state index contributed by atoms with van der Waals surface area (Å²) < 4.78 is 5.49. The van der Waals surface area contributed by atoms with Gasteiger partial charge < -0.3 is 14.7 Å². The molecule has 6 heteroatoms. The predicted molar refractivity (Wildman–Crippen MR) is 77.1 cm³/mol. The average molecular weight is 295 g/mol. The van der Waals surface area contributed by atoms with Crippen molar-refractivity contribution in [3.05, 3.63) is 29.8 Å². The van der Waals surface area contributed by atoms with E-state index in [4.69, 9.17) is 9.84 Å². The van der Waals surface area contributed by atoms with Gasteiger partial charge in [-0.2, -0.15) is 11.8 Å². The number of rotatable bonds is 4. The van der Waals surface area contributed by atoms with Gasteiger partial charge in [0, 0.05) is 18.1 Å². The van der Waals surface area contributed by atoms with Gasteiger partial charge in [0.2, 0.25) is 0 Å². The number of thioether (sulfide) groups is 1. The lowest BCUT2D eigenvalue weighted by Crippen LogP contribution is -2.51. The van der Waals surface area contributed by atoms with E-state index >= 15 is 0 Å². The van der Waals surface area contributed by atoms with Crippen LogP contribution in [0.3, 0.4) is 0 Å². The van der Waals surface area contributed by atoms with Gasteiger partial charge in [0.1, 0.15) is 11.8 Å². The third-order valence-electron chi connectivity index (χ3n) is 3.18. The van der Waals surface area contributed by atoms with Gasteiger partial charge in [0.25, 0.3) is 5.91 Å². The standard InChI is InChI=1S/C14H17NO4S/c1-10-4-2-3-5-12(10)19-8-13(16)15-6-7-20-9-11(15)14(17)18/h2-5,11H,6-9H2,1H3,(H,17,18). The largest absolute Gasteiger partial charge is 0.484 e. The lowest BCUT2D eigenvalue weighted by Gasteiger charge is -2.32. The SMILES string of the molecule is Cc1ccccc1OCC(=O)N1CCSCC1C(=O)O. The zero-order valence-electron chi connectivity index (χ0n) is 11.2. The number of para-hydroxylation sites is 1. The Bertz CT molecular complexity index is 506. The number of nitrogens with zero attached hydrogens (tertiary/aromatic N) is 1. The van der Waals surface area contributed by atoms with Gasteiger partial charge in [-0.15, -0.1) is 0 Å². The molecular formula is C14H17NO4S. The summed E-state index contributed by atoms with van der Waals surface area (Å²) in [4.78, 5) is 24.7. The van der Waals surface area contributed by atoms with E-state index in [0.717, 1.165) is 11.3 Å². The second-order valence-electron chi connectivity index (χ2n) is 4.57. The molecule has 0 bridgehead atoms. The number of carbonyl (C=O) groups is 2. The minimum Gasteiger partial charge on any atom is -0.484 e. The molecule has 1 atom stereocenters. The van der Waals surface area contributed by atoms with E-state index in [-0.39, 0.29) is 12.5 Å². The van der Waals surface area contributed by atoms with E-state index < -0.39 is 12.0 Å². The number of amides is 1. The minimum atomic E-state index is -0.957. The Hall–Kier alpha value is -1.69. The summed E-state index contributed by atoms with van der Waals surface area (Å²) in [5, 5.41) is 9.14. The molecule has 108 valence electrons. The molecule has 1 aliphatic rings. The molecule has 0 spiro atoms. The predicted octanol–water partition coefficient (Wildman–Crippen LogP) is 1.40. The zero-order chi connectivity index (χ0) is 14.5. The lowest BCUT2D eigenvalue weighted by atomic mass is 10.2. The summed E-state index contributed by atoms with van der Waals surface area (Å²) in [5.74, 6) is 0.618. The van der Waals surface area contributed by atoms with Crippen LogP contribution in [0.1, 0.15) is 5.56 Å². The van der Waals surface area contributed by atoms with Crippen LogP contribution in [-0.4, -0.2) is 52.6 Å². The summed E-state index contributed by atoms with van der Waals surface area (Å²) >= 11 is 1.55. The number of aryl methyl sites for hydroxylation is 1. The average Bonchev–Trinajstić information content (AvgIpc) is 2.46. The Morgan fingerprint density at radius 1 is 1.45 bits per heavy atom. The molecule has 1 amide bonds. The highest BCUT2D eigenvalue weighted by molar-refractivity contribution is 7.99. The van der Waals surface area contributed by atoms with Crippen LogP contribution in [0.15, 0.2) is 24.3 Å². The van der Waals surface area contributed by atoms with E-state index in [1.165, 1.54) is 4.90 Å². The Morgan fingerprint density at radius 2 is 2.20 bits per heavy atom. The molecule has 0 saturated carbocycles. The summed E-state index contributed by atoms with van der Waals surface area (Å²) in [6.07, 6.45) is 0. The molecule has 1 heterocycles. The van der Waals surface area contributed by atoms with Crippen molar-refractivity contribution in [1.82, 2.24) is 4.90 Å². The highest BCUT2D eigenvalue weighted by Crippen LogP contribution is 2.19. The van der Waals surface area contributed by atoms with E-state index in [9.17, 15) is 9.59 Å². The number of hydrogen-bond acceptors (Lipinski definition) is 4. The number of hydrogen-bond donors (Lipinski definition) is 1. The molecule has 1 N–H and O–H groups in total. The minimum absolute atomic E-state index is 0.126. The van der Waals surface area contributed by atoms with Gasteiger partial charge in [-0.3, -0.25) is 4.79 Å². The van der Waals surface area contributed by atoms with Crippen molar-refractivity contribution in [3.8, 4) is 5.75 Å². The Kier molecular flexibility index (Phi) is 4.89. The van der Waals surface area contributed by atoms with Crippen LogP contribution >= 0.6 is 11.8 Å². The molecule has 2 rings (SSSR count). The van der Waals surface area contributed by atoms with Gasteiger partial charge in [-0.1, -0.05) is 18.2 Å². The fourth-order valence-electron chi connectivity index (χ4n) is 2.05. The monoisotopic (exact) mass is 295 g/mol. The highest BCUT2D eigenvalue weighted by atomic mass is 32.2. The first kappa shape index (κ1) is 14.7. The van der Waals surface area contributed by atoms with Crippen LogP contribution in [0.2, 0.25) is 0 Å². The van der Waals surface area contributed by atoms with Crippen LogP contribution in [0.4, 0.5) is 0 Å². The van der Waals surface area contributed by atoms with Crippen LogP contribution in [0.5, 0.6) is 5.75 Å². The molecule has 1 fully saturated rings. The van der Waals surface area contributed by atoms with E-state index in [2.05, 4.69) is 0 Å². The number of aliphatic carboxylic acids is 1. The molecular weight excluding hydrogens is 278 g/mol. The number of ether oxygens (including phenoxy) is 1. The van der Waals surface area contributed by atoms with Crippen molar-refractivity contribution >= 4 is 23.6 Å². The molecule has 20 heavy (non-hydrogen) atoms. The summed E-state index contributed by atoms with van der Waals surface area (Å²) in [5.41, 5.74) is 0.948. The zero-order valence-corrected chi connectivity index (χ0v) is 12.1. The Labute approximate surface area is 121 Å². The van der Waals surface area contributed by atoms with E-state index in [1.54, 1.807) is 17.8 Å². The Morgan fingerprint density at radius 3 is 2.90 bits per heavy atom. The van der Waals surface area contributed by atoms with Crippen LogP contribution in [0, 0.1) is 6.92 Å². The first-order valence-electron chi connectivity index (χ1n) is 6.38. The summed E-state index contributed by atoms with van der Waals surface area (Å²) in [7, 11) is 0. The number of carboxylic acids is 1. The first-order valence-corrected chi connectivity index (χ1v) is 7.53. The third kappa shape index (κ3) is 3.45. The quantitative estimate of drug-likeness (QED) is 0.909. The summed E-state index contributed by atoms with van der Waals surface area (Å²) in [6.45, 7) is 2.23. The number of benzene rings is 1. The fraction of sp³-hybridized carbons (Fsp3) is 0.429. The van der Waals surface area contributed by atoms with Crippen molar-refractivity contribution in [2.45, 2.75) is 13.0 Å². The van der Waals surface area contributed by atoms with Crippen LogP contribution in [-0.2, 0) is 9.59 Å². The van der Waals surface area contributed by atoms with Crippen LogP contribution in [0.25, 0.3) is 0 Å². The maximum atomic E-state index is 12.1. The van der Waals surface area contributed by atoms with Gasteiger partial charge in [0.15, 0.2) is 6.61 Å². The summed E-state index contributed by atoms with van der Waals surface area (Å²) in [6, 6.07) is 6.68. The smallest absolute Gasteiger partial charge is 0.327 e. The van der Waals surface area contributed by atoms with E-state index in [1.807, 2.05) is 25.1 Å². The van der Waals surface area contributed by atoms with Crippen molar-refractivity contribution in [3.63, 3.8) is 0 Å². The van der Waals surface area contributed by atoms with Gasteiger partial charge in [-0.25, -0.2) is 4.79 Å². The molecule has 1 saturated heterocycles. The Balaban J connectivity index is 1.97. The molecule has 0 aliphatic carbocycles.